The first-order valence-corrected chi connectivity index (χ1v) is 6.56. The van der Waals surface area contributed by atoms with Crippen molar-refractivity contribution in [3.05, 3.63) is 35.4 Å². The Labute approximate surface area is 100 Å². The number of nitrogens with two attached hydrogens (primary N) is 1. The predicted molar refractivity (Wildman–Crippen MR) is 71.5 cm³/mol. The summed E-state index contributed by atoms with van der Waals surface area (Å²) in [6, 6.07) is 8.79. The average molecular weight is 219 g/mol. The molecule has 0 aliphatic carbocycles. The first kappa shape index (κ1) is 13.2. The lowest BCUT2D eigenvalue weighted by Gasteiger charge is -2.12. The summed E-state index contributed by atoms with van der Waals surface area (Å²) in [5, 5.41) is 0. The fourth-order valence-corrected chi connectivity index (χ4v) is 2.04. The third kappa shape index (κ3) is 4.80. The van der Waals surface area contributed by atoms with Gasteiger partial charge in [-0.25, -0.2) is 0 Å². The maximum Gasteiger partial charge on any atom is 0.0294 e. The van der Waals surface area contributed by atoms with Gasteiger partial charge >= 0.3 is 0 Å². The van der Waals surface area contributed by atoms with Crippen molar-refractivity contribution in [2.45, 2.75) is 58.4 Å². The molecule has 0 fully saturated rings. The van der Waals surface area contributed by atoms with Gasteiger partial charge in [-0.2, -0.15) is 0 Å². The number of rotatable bonds is 7. The Morgan fingerprint density at radius 1 is 1.12 bits per heavy atom. The zero-order valence-electron chi connectivity index (χ0n) is 10.7. The third-order valence-corrected chi connectivity index (χ3v) is 3.09. The first-order valence-electron chi connectivity index (χ1n) is 6.56. The van der Waals surface area contributed by atoms with Crippen molar-refractivity contribution in [1.29, 1.82) is 0 Å². The number of unbranched alkanes of at least 4 members (excludes halogenated alkanes) is 4. The number of benzene rings is 1. The summed E-state index contributed by atoms with van der Waals surface area (Å²) in [6.07, 6.45) is 7.73. The molecule has 0 saturated carbocycles. The van der Waals surface area contributed by atoms with Crippen molar-refractivity contribution in [3.63, 3.8) is 0 Å². The molecule has 0 radical (unpaired) electrons. The lowest BCUT2D eigenvalue weighted by molar-refractivity contribution is 0.555. The van der Waals surface area contributed by atoms with Gasteiger partial charge in [0.05, 0.1) is 0 Å². The zero-order valence-corrected chi connectivity index (χ0v) is 10.7. The van der Waals surface area contributed by atoms with Crippen LogP contribution in [0.15, 0.2) is 24.3 Å². The molecule has 0 bridgehead atoms. The van der Waals surface area contributed by atoms with E-state index in [-0.39, 0.29) is 6.04 Å². The maximum absolute atomic E-state index is 6.18. The standard InChI is InChI=1S/C15H25N/c1-3-4-5-6-7-11-15(16)14-10-8-9-13(2)12-14/h8-10,12,15H,3-7,11,16H2,1-2H3. The second kappa shape index (κ2) is 7.45. The molecule has 1 nitrogen and oxygen atoms in total. The Morgan fingerprint density at radius 2 is 1.88 bits per heavy atom. The summed E-state index contributed by atoms with van der Waals surface area (Å²) in [4.78, 5) is 0. The number of hydrogen-bond donors (Lipinski definition) is 1. The van der Waals surface area contributed by atoms with E-state index in [1.807, 2.05) is 0 Å². The fourth-order valence-electron chi connectivity index (χ4n) is 2.04. The zero-order chi connectivity index (χ0) is 11.8. The summed E-state index contributed by atoms with van der Waals surface area (Å²) in [7, 11) is 0. The van der Waals surface area contributed by atoms with Gasteiger partial charge in [-0.1, -0.05) is 68.9 Å². The highest BCUT2D eigenvalue weighted by molar-refractivity contribution is 5.24. The van der Waals surface area contributed by atoms with Gasteiger partial charge in [-0.05, 0) is 18.9 Å². The van der Waals surface area contributed by atoms with E-state index in [0.29, 0.717) is 0 Å². The molecule has 1 unspecified atom stereocenters. The van der Waals surface area contributed by atoms with E-state index in [0.717, 1.165) is 6.42 Å². The Kier molecular flexibility index (Phi) is 6.17. The van der Waals surface area contributed by atoms with Crippen LogP contribution in [-0.4, -0.2) is 0 Å². The van der Waals surface area contributed by atoms with Crippen molar-refractivity contribution in [3.8, 4) is 0 Å². The highest BCUT2D eigenvalue weighted by Crippen LogP contribution is 2.18. The molecule has 1 heteroatoms. The van der Waals surface area contributed by atoms with Crippen LogP contribution < -0.4 is 5.73 Å². The largest absolute Gasteiger partial charge is 0.324 e. The molecular formula is C15H25N. The van der Waals surface area contributed by atoms with Gasteiger partial charge in [0.25, 0.3) is 0 Å². The molecular weight excluding hydrogens is 194 g/mol. The molecule has 0 aromatic heterocycles. The fraction of sp³-hybridized carbons (Fsp3) is 0.600. The lowest BCUT2D eigenvalue weighted by Crippen LogP contribution is -2.10. The van der Waals surface area contributed by atoms with Gasteiger partial charge in [-0.15, -0.1) is 0 Å². The van der Waals surface area contributed by atoms with Gasteiger partial charge in [0, 0.05) is 6.04 Å². The second-order valence-corrected chi connectivity index (χ2v) is 4.72. The molecule has 0 heterocycles. The van der Waals surface area contributed by atoms with Crippen LogP contribution in [0, 0.1) is 6.92 Å². The third-order valence-electron chi connectivity index (χ3n) is 3.09. The Morgan fingerprint density at radius 3 is 2.56 bits per heavy atom. The quantitative estimate of drug-likeness (QED) is 0.678. The van der Waals surface area contributed by atoms with Crippen LogP contribution in [0.2, 0.25) is 0 Å². The topological polar surface area (TPSA) is 26.0 Å². The normalized spacial score (nSPS) is 12.7. The van der Waals surface area contributed by atoms with Crippen LogP contribution in [0.3, 0.4) is 0 Å². The SMILES string of the molecule is CCCCCCCC(N)c1cccc(C)c1. The van der Waals surface area contributed by atoms with E-state index in [1.165, 1.54) is 43.2 Å². The molecule has 1 atom stereocenters. The summed E-state index contributed by atoms with van der Waals surface area (Å²) in [5.74, 6) is 0. The summed E-state index contributed by atoms with van der Waals surface area (Å²) >= 11 is 0. The smallest absolute Gasteiger partial charge is 0.0294 e. The highest BCUT2D eigenvalue weighted by Gasteiger charge is 2.05. The molecule has 0 aliphatic heterocycles. The van der Waals surface area contributed by atoms with Crippen molar-refractivity contribution >= 4 is 0 Å². The van der Waals surface area contributed by atoms with Crippen LogP contribution in [0.25, 0.3) is 0 Å². The van der Waals surface area contributed by atoms with Crippen LogP contribution in [0.1, 0.15) is 62.6 Å². The Hall–Kier alpha value is -0.820. The van der Waals surface area contributed by atoms with E-state index in [9.17, 15) is 0 Å². The van der Waals surface area contributed by atoms with Gasteiger partial charge in [-0.3, -0.25) is 0 Å². The van der Waals surface area contributed by atoms with E-state index in [1.54, 1.807) is 0 Å². The van der Waals surface area contributed by atoms with Crippen LogP contribution >= 0.6 is 0 Å². The minimum Gasteiger partial charge on any atom is -0.324 e. The maximum atomic E-state index is 6.18. The average Bonchev–Trinajstić information content (AvgIpc) is 2.28. The van der Waals surface area contributed by atoms with Crippen LogP contribution in [0.5, 0.6) is 0 Å². The second-order valence-electron chi connectivity index (χ2n) is 4.72. The van der Waals surface area contributed by atoms with E-state index < -0.39 is 0 Å². The number of hydrogen-bond acceptors (Lipinski definition) is 1. The predicted octanol–water partition coefficient (Wildman–Crippen LogP) is 4.36. The molecule has 1 aromatic rings. The lowest BCUT2D eigenvalue weighted by atomic mass is 9.99. The molecule has 2 N–H and O–H groups in total. The monoisotopic (exact) mass is 219 g/mol. The van der Waals surface area contributed by atoms with E-state index in [4.69, 9.17) is 5.73 Å². The van der Waals surface area contributed by atoms with Crippen molar-refractivity contribution < 1.29 is 0 Å². The van der Waals surface area contributed by atoms with Crippen molar-refractivity contribution in [2.75, 3.05) is 0 Å². The summed E-state index contributed by atoms with van der Waals surface area (Å²) in [6.45, 7) is 4.37. The molecule has 0 aliphatic rings. The minimum atomic E-state index is 0.224. The molecule has 16 heavy (non-hydrogen) atoms. The van der Waals surface area contributed by atoms with Crippen molar-refractivity contribution in [1.82, 2.24) is 0 Å². The molecule has 0 spiro atoms. The van der Waals surface area contributed by atoms with Gasteiger partial charge in [0.1, 0.15) is 0 Å². The molecule has 1 aromatic carbocycles. The molecule has 0 saturated heterocycles. The molecule has 90 valence electrons. The summed E-state index contributed by atoms with van der Waals surface area (Å²) < 4.78 is 0. The van der Waals surface area contributed by atoms with E-state index in [2.05, 4.69) is 38.1 Å². The Bertz CT molecular complexity index is 293. The first-order chi connectivity index (χ1) is 7.74. The van der Waals surface area contributed by atoms with Gasteiger partial charge in [0.2, 0.25) is 0 Å². The summed E-state index contributed by atoms with van der Waals surface area (Å²) in [5.41, 5.74) is 8.77. The Balaban J connectivity index is 2.27. The van der Waals surface area contributed by atoms with Crippen LogP contribution in [-0.2, 0) is 0 Å². The molecule has 1 rings (SSSR count). The van der Waals surface area contributed by atoms with E-state index >= 15 is 0 Å². The highest BCUT2D eigenvalue weighted by atomic mass is 14.6. The number of aryl methyl sites for hydroxylation is 1. The van der Waals surface area contributed by atoms with Crippen molar-refractivity contribution in [2.24, 2.45) is 5.73 Å². The minimum absolute atomic E-state index is 0.224. The van der Waals surface area contributed by atoms with Gasteiger partial charge < -0.3 is 5.73 Å². The van der Waals surface area contributed by atoms with Gasteiger partial charge in [0.15, 0.2) is 0 Å². The molecule has 0 amide bonds. The van der Waals surface area contributed by atoms with Crippen LogP contribution in [0.4, 0.5) is 0 Å².